The molecule has 1 atom stereocenters. The number of Topliss-reactive ketones (excluding diaryl/α,β-unsaturated/α-hetero) is 1. The lowest BCUT2D eigenvalue weighted by molar-refractivity contribution is -0.141. The molecule has 0 saturated heterocycles. The fraction of sp³-hybridized carbons (Fsp3) is 0.533. The molecule has 1 aliphatic rings. The van der Waals surface area contributed by atoms with Crippen LogP contribution in [0, 0.1) is 12.3 Å². The normalized spacial score (nSPS) is 22.9. The molecule has 1 fully saturated rings. The van der Waals surface area contributed by atoms with E-state index in [0.29, 0.717) is 11.7 Å². The van der Waals surface area contributed by atoms with Gasteiger partial charge in [0.25, 0.3) is 0 Å². The van der Waals surface area contributed by atoms with Crippen LogP contribution in [0.3, 0.4) is 0 Å². The number of rotatable bonds is 3. The molecule has 1 nitrogen and oxygen atoms in total. The minimum Gasteiger partial charge on any atom is -0.299 e. The molecule has 0 radical (unpaired) electrons. The summed E-state index contributed by atoms with van der Waals surface area (Å²) < 4.78 is 0. The Hall–Kier alpha value is -1.11. The number of carbonyl (C=O) groups excluding carboxylic acids is 1. The maximum Gasteiger partial charge on any atom is 0.140 e. The molecule has 0 bridgehead atoms. The quantitative estimate of drug-likeness (QED) is 0.750. The predicted molar refractivity (Wildman–Crippen MR) is 66.6 cm³/mol. The molecule has 1 saturated carbocycles. The molecule has 86 valence electrons. The first-order valence-corrected chi connectivity index (χ1v) is 6.24. The van der Waals surface area contributed by atoms with Gasteiger partial charge in [-0.2, -0.15) is 0 Å². The van der Waals surface area contributed by atoms with Crippen LogP contribution in [0.2, 0.25) is 0 Å². The molecule has 16 heavy (non-hydrogen) atoms. The van der Waals surface area contributed by atoms with Gasteiger partial charge in [-0.3, -0.25) is 4.79 Å². The molecule has 1 aliphatic carbocycles. The summed E-state index contributed by atoms with van der Waals surface area (Å²) in [5, 5.41) is 0. The van der Waals surface area contributed by atoms with Crippen molar-refractivity contribution in [3.8, 4) is 0 Å². The zero-order valence-corrected chi connectivity index (χ0v) is 10.4. The van der Waals surface area contributed by atoms with Crippen molar-refractivity contribution in [1.29, 1.82) is 0 Å². The molecule has 0 amide bonds. The Morgan fingerprint density at radius 2 is 1.75 bits per heavy atom. The van der Waals surface area contributed by atoms with Gasteiger partial charge in [-0.1, -0.05) is 43.7 Å². The van der Waals surface area contributed by atoms with Crippen LogP contribution in [-0.4, -0.2) is 5.78 Å². The third-order valence-electron chi connectivity index (χ3n) is 4.35. The summed E-state index contributed by atoms with van der Waals surface area (Å²) in [6, 6.07) is 8.67. The number of benzene rings is 1. The first kappa shape index (κ1) is 11.4. The topological polar surface area (TPSA) is 17.1 Å². The number of carbonyl (C=O) groups is 1. The van der Waals surface area contributed by atoms with Crippen LogP contribution in [0.1, 0.15) is 50.2 Å². The lowest BCUT2D eigenvalue weighted by Crippen LogP contribution is -2.47. The molecule has 0 aromatic heterocycles. The first-order valence-electron chi connectivity index (χ1n) is 6.24. The maximum absolute atomic E-state index is 11.9. The van der Waals surface area contributed by atoms with Crippen LogP contribution in [0.15, 0.2) is 24.3 Å². The minimum absolute atomic E-state index is 0.0603. The van der Waals surface area contributed by atoms with E-state index in [0.717, 1.165) is 19.3 Å². The lowest BCUT2D eigenvalue weighted by Gasteiger charge is -2.47. The maximum atomic E-state index is 11.9. The average molecular weight is 216 g/mol. The average Bonchev–Trinajstić information content (AvgIpc) is 2.29. The van der Waals surface area contributed by atoms with Crippen LogP contribution < -0.4 is 0 Å². The summed E-state index contributed by atoms with van der Waals surface area (Å²) in [6.45, 7) is 6.38. The molecular weight excluding hydrogens is 196 g/mol. The Morgan fingerprint density at radius 1 is 1.19 bits per heavy atom. The van der Waals surface area contributed by atoms with E-state index < -0.39 is 0 Å². The second-order valence-electron chi connectivity index (χ2n) is 4.95. The SMILES string of the molecule is CCC1(CC)C(=O)CC1c1ccc(C)cc1. The van der Waals surface area contributed by atoms with E-state index >= 15 is 0 Å². The Morgan fingerprint density at radius 3 is 2.19 bits per heavy atom. The highest BCUT2D eigenvalue weighted by atomic mass is 16.1. The van der Waals surface area contributed by atoms with E-state index in [1.165, 1.54) is 11.1 Å². The number of ketones is 1. The molecule has 0 N–H and O–H groups in total. The standard InChI is InChI=1S/C15H20O/c1-4-15(5-2)13(10-14(15)16)12-8-6-11(3)7-9-12/h6-9,13H,4-5,10H2,1-3H3. The van der Waals surface area contributed by atoms with E-state index in [4.69, 9.17) is 0 Å². The van der Waals surface area contributed by atoms with E-state index in [9.17, 15) is 4.79 Å². The minimum atomic E-state index is -0.0603. The first-order chi connectivity index (χ1) is 7.64. The second-order valence-corrected chi connectivity index (χ2v) is 4.95. The van der Waals surface area contributed by atoms with Gasteiger partial charge < -0.3 is 0 Å². The highest BCUT2D eigenvalue weighted by molar-refractivity contribution is 5.93. The van der Waals surface area contributed by atoms with Gasteiger partial charge in [0.1, 0.15) is 5.78 Å². The van der Waals surface area contributed by atoms with E-state index in [1.807, 2.05) is 0 Å². The third-order valence-corrected chi connectivity index (χ3v) is 4.35. The van der Waals surface area contributed by atoms with Gasteiger partial charge >= 0.3 is 0 Å². The fourth-order valence-corrected chi connectivity index (χ4v) is 3.02. The number of aryl methyl sites for hydroxylation is 1. The highest BCUT2D eigenvalue weighted by Crippen LogP contribution is 2.54. The molecule has 2 rings (SSSR count). The van der Waals surface area contributed by atoms with Crippen LogP contribution in [-0.2, 0) is 4.79 Å². The molecule has 0 heterocycles. The molecular formula is C15H20O. The van der Waals surface area contributed by atoms with Crippen molar-refractivity contribution in [2.24, 2.45) is 5.41 Å². The van der Waals surface area contributed by atoms with Gasteiger partial charge in [0.2, 0.25) is 0 Å². The summed E-state index contributed by atoms with van der Waals surface area (Å²) in [4.78, 5) is 11.9. The van der Waals surface area contributed by atoms with Crippen LogP contribution in [0.5, 0.6) is 0 Å². The van der Waals surface area contributed by atoms with E-state index in [2.05, 4.69) is 45.0 Å². The smallest absolute Gasteiger partial charge is 0.140 e. The summed E-state index contributed by atoms with van der Waals surface area (Å²) in [5.74, 6) is 0.915. The van der Waals surface area contributed by atoms with Gasteiger partial charge in [-0.15, -0.1) is 0 Å². The molecule has 0 aliphatic heterocycles. The summed E-state index contributed by atoms with van der Waals surface area (Å²) >= 11 is 0. The molecule has 1 aromatic rings. The van der Waals surface area contributed by atoms with Crippen LogP contribution >= 0.6 is 0 Å². The molecule has 0 spiro atoms. The summed E-state index contributed by atoms with van der Waals surface area (Å²) in [5.41, 5.74) is 2.57. The van der Waals surface area contributed by atoms with Crippen LogP contribution in [0.4, 0.5) is 0 Å². The van der Waals surface area contributed by atoms with Gasteiger partial charge in [0, 0.05) is 17.8 Å². The van der Waals surface area contributed by atoms with Crippen molar-refractivity contribution in [3.05, 3.63) is 35.4 Å². The van der Waals surface area contributed by atoms with Gasteiger partial charge in [-0.05, 0) is 25.3 Å². The van der Waals surface area contributed by atoms with Crippen molar-refractivity contribution in [3.63, 3.8) is 0 Å². The van der Waals surface area contributed by atoms with E-state index in [-0.39, 0.29) is 5.41 Å². The Labute approximate surface area is 97.9 Å². The van der Waals surface area contributed by atoms with Gasteiger partial charge in [-0.25, -0.2) is 0 Å². The van der Waals surface area contributed by atoms with Gasteiger partial charge in [0.15, 0.2) is 0 Å². The largest absolute Gasteiger partial charge is 0.299 e. The Kier molecular flexibility index (Phi) is 2.88. The van der Waals surface area contributed by atoms with Crippen LogP contribution in [0.25, 0.3) is 0 Å². The fourth-order valence-electron chi connectivity index (χ4n) is 3.02. The Balaban J connectivity index is 2.29. The Bertz CT molecular complexity index is 384. The zero-order valence-electron chi connectivity index (χ0n) is 10.4. The summed E-state index contributed by atoms with van der Waals surface area (Å²) in [7, 11) is 0. The second kappa shape index (κ2) is 4.04. The van der Waals surface area contributed by atoms with E-state index in [1.54, 1.807) is 0 Å². The van der Waals surface area contributed by atoms with Crippen molar-refractivity contribution in [1.82, 2.24) is 0 Å². The molecule has 1 heteroatoms. The van der Waals surface area contributed by atoms with Gasteiger partial charge in [0.05, 0.1) is 0 Å². The molecule has 1 aromatic carbocycles. The van der Waals surface area contributed by atoms with Crippen molar-refractivity contribution in [2.75, 3.05) is 0 Å². The number of hydrogen-bond acceptors (Lipinski definition) is 1. The number of hydrogen-bond donors (Lipinski definition) is 0. The highest BCUT2D eigenvalue weighted by Gasteiger charge is 2.52. The van der Waals surface area contributed by atoms with Crippen molar-refractivity contribution >= 4 is 5.78 Å². The third kappa shape index (κ3) is 1.50. The predicted octanol–water partition coefficient (Wildman–Crippen LogP) is 3.86. The van der Waals surface area contributed by atoms with Crippen molar-refractivity contribution < 1.29 is 4.79 Å². The summed E-state index contributed by atoms with van der Waals surface area (Å²) in [6.07, 6.45) is 2.69. The molecule has 1 unspecified atom stereocenters. The monoisotopic (exact) mass is 216 g/mol. The van der Waals surface area contributed by atoms with Crippen molar-refractivity contribution in [2.45, 2.75) is 46.0 Å². The zero-order chi connectivity index (χ0) is 11.8. The lowest BCUT2D eigenvalue weighted by atomic mass is 9.54.